The zero-order chi connectivity index (χ0) is 64.2. The van der Waals surface area contributed by atoms with Gasteiger partial charge in [-0.15, -0.1) is 0 Å². The predicted octanol–water partition coefficient (Wildman–Crippen LogP) is 11.1. The number of aromatic nitrogens is 12. The lowest BCUT2D eigenvalue weighted by Crippen LogP contribution is -2.41. The largest absolute Gasteiger partial charge is 0.494 e. The number of rotatable bonds is 8. The molecule has 6 aliphatic heterocycles. The second kappa shape index (κ2) is 26.5. The van der Waals surface area contributed by atoms with Crippen molar-refractivity contribution in [2.24, 2.45) is 28.2 Å². The normalized spacial score (nSPS) is 18.9. The van der Waals surface area contributed by atoms with E-state index in [-0.39, 0.29) is 48.5 Å². The second-order valence-electron chi connectivity index (χ2n) is 25.6. The molecule has 90 heavy (non-hydrogen) atoms. The molecule has 0 bridgehead atoms. The standard InChI is InChI=1S/C26H29N7OS.C18H23BN4O2.C11H19BO2S.C9H11BrIN3O/c1-4-23(34)32-9-10-33-22(16-32)25(28-26(33)17-7-11-35-12-8-17)18-5-6-21-20(13-18)24(29-31(21)3)19-14-27-30(2)15-19;1-17(2)18(3,4)25-19(24-17)13-7-8-15-14(9-13)16(21-23(15)6)12-10-20-22(5)11-12;1-10(2)11(3,4)14-12(13-10)9-5-7-15-8-6-9;1-2-7(15)13-3-4-14-6(5-13)8(11)12-9(14)10/h5-7,13-15H,4,8-12,16H2,1-3H3;7-11H,1-6H3;5H,6-8H2,1-4H3;2-5H2,1H3. The molecule has 0 spiro atoms. The van der Waals surface area contributed by atoms with Crippen molar-refractivity contribution in [3.63, 3.8) is 0 Å². The molecule has 2 aromatic carbocycles. The monoisotopic (exact) mass is 1430 g/mol. The third-order valence-electron chi connectivity index (χ3n) is 18.5. The second-order valence-corrected chi connectivity index (χ2v) is 29.6. The van der Waals surface area contributed by atoms with Crippen LogP contribution in [0.4, 0.5) is 0 Å². The van der Waals surface area contributed by atoms with Crippen LogP contribution in [-0.4, -0.2) is 153 Å². The molecule has 12 heterocycles. The fraction of sp³-hybridized carbons (Fsp3) is 0.500. The Morgan fingerprint density at radius 3 is 1.63 bits per heavy atom. The molecule has 0 radical (unpaired) electrons. The summed E-state index contributed by atoms with van der Waals surface area (Å²) in [5.74, 6) is 5.92. The number of carbonyl (C=O) groups excluding carboxylic acids is 2. The molecule has 2 amide bonds. The zero-order valence-electron chi connectivity index (χ0n) is 54.3. The summed E-state index contributed by atoms with van der Waals surface area (Å²) >= 11 is 9.56. The average molecular weight is 1440 g/mol. The van der Waals surface area contributed by atoms with Crippen molar-refractivity contribution in [2.75, 3.05) is 36.1 Å². The summed E-state index contributed by atoms with van der Waals surface area (Å²) in [6.07, 6.45) is 15.5. The fourth-order valence-electron chi connectivity index (χ4n) is 11.8. The summed E-state index contributed by atoms with van der Waals surface area (Å²) in [4.78, 5) is 37.6. The van der Waals surface area contributed by atoms with Crippen LogP contribution in [0, 0.1) is 3.70 Å². The van der Waals surface area contributed by atoms with Crippen molar-refractivity contribution in [1.29, 1.82) is 0 Å². The summed E-state index contributed by atoms with van der Waals surface area (Å²) < 4.78 is 38.1. The van der Waals surface area contributed by atoms with E-state index in [0.29, 0.717) is 25.9 Å². The lowest BCUT2D eigenvalue weighted by molar-refractivity contribution is -0.133. The third-order valence-corrected chi connectivity index (χ3v) is 21.8. The minimum absolute atomic E-state index is 0.115. The number of carbonyl (C=O) groups is 2. The number of benzene rings is 2. The highest BCUT2D eigenvalue weighted by molar-refractivity contribution is 14.1. The maximum atomic E-state index is 12.6. The first-order valence-corrected chi connectivity index (χ1v) is 35.2. The van der Waals surface area contributed by atoms with E-state index in [1.807, 2.05) is 110 Å². The Bertz CT molecular complexity index is 4030. The van der Waals surface area contributed by atoms with E-state index in [0.717, 1.165) is 143 Å². The minimum Gasteiger partial charge on any atom is -0.400 e. The van der Waals surface area contributed by atoms with Gasteiger partial charge in [0.15, 0.2) is 4.73 Å². The number of hydrogen-bond acceptors (Lipinski definition) is 14. The van der Waals surface area contributed by atoms with Crippen LogP contribution in [0.15, 0.2) is 83.5 Å². The number of allylic oxidation sites excluding steroid dienone is 2. The molecule has 8 aromatic rings. The van der Waals surface area contributed by atoms with Crippen LogP contribution in [0.5, 0.6) is 0 Å². The van der Waals surface area contributed by atoms with Gasteiger partial charge in [0.25, 0.3) is 0 Å². The van der Waals surface area contributed by atoms with E-state index in [2.05, 4.69) is 172 Å². The Balaban J connectivity index is 0.000000132. The Morgan fingerprint density at radius 1 is 0.611 bits per heavy atom. The van der Waals surface area contributed by atoms with Gasteiger partial charge < -0.3 is 37.6 Å². The van der Waals surface area contributed by atoms with E-state index in [9.17, 15) is 9.59 Å². The number of fused-ring (bicyclic) bond motifs is 4. The molecule has 2 saturated heterocycles. The fourth-order valence-corrected chi connectivity index (χ4v) is 15.1. The molecule has 26 heteroatoms. The van der Waals surface area contributed by atoms with Crippen molar-refractivity contribution in [3.05, 3.63) is 104 Å². The Labute approximate surface area is 559 Å². The van der Waals surface area contributed by atoms with Crippen LogP contribution in [0.1, 0.15) is 112 Å². The van der Waals surface area contributed by atoms with Crippen molar-refractivity contribution >= 4 is 121 Å². The van der Waals surface area contributed by atoms with Gasteiger partial charge in [-0.2, -0.15) is 43.9 Å². The van der Waals surface area contributed by atoms with Gasteiger partial charge in [0.2, 0.25) is 11.8 Å². The van der Waals surface area contributed by atoms with E-state index in [1.54, 1.807) is 9.36 Å². The molecule has 476 valence electrons. The molecule has 6 aliphatic rings. The van der Waals surface area contributed by atoms with Crippen molar-refractivity contribution in [2.45, 2.75) is 144 Å². The quantitative estimate of drug-likeness (QED) is 0.103. The van der Waals surface area contributed by atoms with Gasteiger partial charge >= 0.3 is 14.2 Å². The molecule has 0 unspecified atom stereocenters. The maximum absolute atomic E-state index is 12.6. The highest BCUT2D eigenvalue weighted by Crippen LogP contribution is 2.42. The van der Waals surface area contributed by atoms with Crippen LogP contribution in [0.25, 0.3) is 61.2 Å². The number of thioether (sulfide) groups is 2. The smallest absolute Gasteiger partial charge is 0.400 e. The van der Waals surface area contributed by atoms with E-state index < -0.39 is 0 Å². The molecule has 20 nitrogen and oxygen atoms in total. The molecule has 2 fully saturated rings. The number of amides is 2. The summed E-state index contributed by atoms with van der Waals surface area (Å²) in [7, 11) is 7.26. The van der Waals surface area contributed by atoms with Crippen LogP contribution < -0.4 is 5.46 Å². The first kappa shape index (κ1) is 66.0. The lowest BCUT2D eigenvalue weighted by Gasteiger charge is -2.32. The summed E-state index contributed by atoms with van der Waals surface area (Å²) in [6.45, 7) is 24.9. The van der Waals surface area contributed by atoms with Crippen LogP contribution in [0.2, 0.25) is 0 Å². The summed E-state index contributed by atoms with van der Waals surface area (Å²) in [5.41, 5.74) is 12.8. The SMILES string of the molecule is CC1(C)OB(C2=CCSCC2)OC1(C)C.CCC(=O)N1CCn2c(Br)nc(I)c2C1.CCC(=O)N1CCn2c(C3=CCSCC3)nc(-c3ccc4c(c3)c(-c3cnn(C)c3)nn4C)c2C1.Cn1cc(-c2nn(C)c3ccc(B4OC(C)(C)C(C)(C)O4)cc23)cn1. The molecular weight excluding hydrogens is 1350 g/mol. The third kappa shape index (κ3) is 13.4. The van der Waals surface area contributed by atoms with Gasteiger partial charge in [-0.1, -0.05) is 44.2 Å². The molecule has 0 saturated carbocycles. The van der Waals surface area contributed by atoms with Crippen molar-refractivity contribution in [3.8, 4) is 33.8 Å². The van der Waals surface area contributed by atoms with E-state index in [4.69, 9.17) is 28.7 Å². The molecule has 0 N–H and O–H groups in total. The van der Waals surface area contributed by atoms with Gasteiger partial charge in [-0.25, -0.2) is 9.97 Å². The Kier molecular flexibility index (Phi) is 19.4. The predicted molar refractivity (Wildman–Crippen MR) is 373 cm³/mol. The lowest BCUT2D eigenvalue weighted by atomic mass is 9.76. The number of nitrogens with zero attached hydrogens (tertiary/aromatic N) is 14. The number of aryl methyl sites for hydroxylation is 4. The number of halogens is 2. The van der Waals surface area contributed by atoms with Gasteiger partial charge in [0.05, 0.1) is 76.0 Å². The van der Waals surface area contributed by atoms with Crippen LogP contribution in [0.3, 0.4) is 0 Å². The molecule has 0 atom stereocenters. The first-order valence-electron chi connectivity index (χ1n) is 31.0. The number of hydrogen-bond donors (Lipinski definition) is 0. The summed E-state index contributed by atoms with van der Waals surface area (Å²) in [5, 5.41) is 20.2. The first-order chi connectivity index (χ1) is 42.8. The van der Waals surface area contributed by atoms with E-state index >= 15 is 0 Å². The maximum Gasteiger partial charge on any atom is 0.494 e. The van der Waals surface area contributed by atoms with Crippen LogP contribution in [-0.2, 0) is 82.6 Å². The van der Waals surface area contributed by atoms with Crippen molar-refractivity contribution in [1.82, 2.24) is 68.0 Å². The van der Waals surface area contributed by atoms with Gasteiger partial charge in [0.1, 0.15) is 20.9 Å². The highest BCUT2D eigenvalue weighted by Gasteiger charge is 2.53. The van der Waals surface area contributed by atoms with Gasteiger partial charge in [-0.3, -0.25) is 28.3 Å². The zero-order valence-corrected chi connectivity index (χ0v) is 59.6. The summed E-state index contributed by atoms with van der Waals surface area (Å²) in [6, 6.07) is 12.7. The van der Waals surface area contributed by atoms with E-state index in [1.165, 1.54) is 16.8 Å². The van der Waals surface area contributed by atoms with Gasteiger partial charge in [-0.05, 0) is 153 Å². The Morgan fingerprint density at radius 2 is 1.12 bits per heavy atom. The molecular formula is C64H82B2BrIN14O6S2. The number of imidazole rings is 2. The topological polar surface area (TPSA) is 184 Å². The average Bonchev–Trinajstić information content (AvgIpc) is 1.63. The highest BCUT2D eigenvalue weighted by atomic mass is 127. The van der Waals surface area contributed by atoms with Gasteiger partial charge in [0, 0.05) is 119 Å². The van der Waals surface area contributed by atoms with Crippen molar-refractivity contribution < 1.29 is 28.2 Å². The van der Waals surface area contributed by atoms with Crippen LogP contribution >= 0.6 is 62.0 Å². The molecule has 0 aliphatic carbocycles. The minimum atomic E-state index is -0.378. The molecule has 14 rings (SSSR count). The molecule has 6 aromatic heterocycles. The Hall–Kier alpha value is -5.48.